The summed E-state index contributed by atoms with van der Waals surface area (Å²) in [5.74, 6) is 1.97. The summed E-state index contributed by atoms with van der Waals surface area (Å²) in [7, 11) is 3.81. The van der Waals surface area contributed by atoms with Crippen molar-refractivity contribution in [2.24, 2.45) is 7.05 Å². The monoisotopic (exact) mass is 255 g/mol. The second kappa shape index (κ2) is 6.35. The molecule has 6 heteroatoms. The summed E-state index contributed by atoms with van der Waals surface area (Å²) in [5.41, 5.74) is 0. The molecule has 0 aromatic carbocycles. The van der Waals surface area contributed by atoms with Crippen molar-refractivity contribution in [1.82, 2.24) is 25.5 Å². The molecule has 1 heterocycles. The molecule has 0 radical (unpaired) electrons. The largest absolute Gasteiger partial charge is 0.316 e. The fraction of sp³-hybridized carbons (Fsp3) is 0.909. The Kier molecular flexibility index (Phi) is 4.79. The fourth-order valence-electron chi connectivity index (χ4n) is 2.18. The average Bonchev–Trinajstić information content (AvgIpc) is 2.96. The summed E-state index contributed by atoms with van der Waals surface area (Å²) in [4.78, 5) is 1.52. The molecule has 0 amide bonds. The number of aromatic nitrogens is 4. The number of nitrogens with zero attached hydrogens (tertiary/aromatic N) is 4. The number of likely N-dealkylation sites (N-methyl/N-ethyl adjacent to an activating group) is 1. The third-order valence-electron chi connectivity index (χ3n) is 3.22. The van der Waals surface area contributed by atoms with E-state index in [0.29, 0.717) is 6.04 Å². The minimum absolute atomic E-state index is 0.449. The topological polar surface area (TPSA) is 55.6 Å². The van der Waals surface area contributed by atoms with E-state index in [9.17, 15) is 0 Å². The molecule has 96 valence electrons. The lowest BCUT2D eigenvalue weighted by molar-refractivity contribution is 0.590. The molecule has 1 atom stereocenters. The molecule has 1 saturated carbocycles. The normalized spacial score (nSPS) is 18.7. The summed E-state index contributed by atoms with van der Waals surface area (Å²) in [5, 5.41) is 16.3. The van der Waals surface area contributed by atoms with E-state index in [0.717, 1.165) is 23.2 Å². The molecular formula is C11H21N5S. The van der Waals surface area contributed by atoms with Crippen molar-refractivity contribution in [2.45, 2.75) is 43.4 Å². The third kappa shape index (κ3) is 3.96. The number of thioether (sulfide) groups is 1. The molecule has 1 aliphatic rings. The van der Waals surface area contributed by atoms with Crippen LogP contribution in [0.3, 0.4) is 0 Å². The predicted octanol–water partition coefficient (Wildman–Crippen LogP) is 1.02. The molecule has 0 saturated heterocycles. The van der Waals surface area contributed by atoms with Crippen molar-refractivity contribution in [1.29, 1.82) is 0 Å². The van der Waals surface area contributed by atoms with Crippen LogP contribution in [0.15, 0.2) is 0 Å². The van der Waals surface area contributed by atoms with Gasteiger partial charge in [-0.1, -0.05) is 12.8 Å². The van der Waals surface area contributed by atoms with E-state index in [4.69, 9.17) is 0 Å². The van der Waals surface area contributed by atoms with Crippen LogP contribution >= 0.6 is 11.8 Å². The first-order valence-electron chi connectivity index (χ1n) is 6.29. The molecular weight excluding hydrogens is 234 g/mol. The van der Waals surface area contributed by atoms with Crippen LogP contribution in [0, 0.1) is 0 Å². The van der Waals surface area contributed by atoms with E-state index in [1.165, 1.54) is 30.5 Å². The van der Waals surface area contributed by atoms with Gasteiger partial charge in [0, 0.05) is 23.5 Å². The van der Waals surface area contributed by atoms with Gasteiger partial charge in [-0.05, 0) is 25.1 Å². The molecule has 1 N–H and O–H groups in total. The summed E-state index contributed by atoms with van der Waals surface area (Å²) < 4.78 is 0. The van der Waals surface area contributed by atoms with Crippen molar-refractivity contribution < 1.29 is 0 Å². The Balaban J connectivity index is 1.75. The maximum atomic E-state index is 4.22. The number of nitrogens with one attached hydrogen (secondary N) is 1. The van der Waals surface area contributed by atoms with E-state index in [2.05, 4.69) is 32.5 Å². The number of aryl methyl sites for hydroxylation is 1. The van der Waals surface area contributed by atoms with Crippen LogP contribution in [0.1, 0.15) is 31.5 Å². The van der Waals surface area contributed by atoms with Gasteiger partial charge >= 0.3 is 0 Å². The summed E-state index contributed by atoms with van der Waals surface area (Å²) in [6.45, 7) is 0. The predicted molar refractivity (Wildman–Crippen MR) is 70.1 cm³/mol. The molecule has 2 rings (SSSR count). The lowest BCUT2D eigenvalue weighted by atomic mass is 10.2. The Morgan fingerprint density at radius 3 is 2.82 bits per heavy atom. The first-order valence-corrected chi connectivity index (χ1v) is 7.34. The van der Waals surface area contributed by atoms with Crippen molar-refractivity contribution in [3.05, 3.63) is 5.82 Å². The lowest BCUT2D eigenvalue weighted by Crippen LogP contribution is -2.31. The summed E-state index contributed by atoms with van der Waals surface area (Å²) in [6, 6.07) is 0.449. The van der Waals surface area contributed by atoms with Crippen LogP contribution in [-0.4, -0.2) is 44.3 Å². The molecule has 1 aromatic heterocycles. The van der Waals surface area contributed by atoms with Gasteiger partial charge in [0.05, 0.1) is 7.05 Å². The Hall–Kier alpha value is -0.620. The first kappa shape index (κ1) is 12.8. The first-order chi connectivity index (χ1) is 8.28. The van der Waals surface area contributed by atoms with E-state index < -0.39 is 0 Å². The van der Waals surface area contributed by atoms with Crippen molar-refractivity contribution in [3.63, 3.8) is 0 Å². The zero-order valence-electron chi connectivity index (χ0n) is 10.6. The van der Waals surface area contributed by atoms with Crippen LogP contribution in [0.5, 0.6) is 0 Å². The van der Waals surface area contributed by atoms with Crippen LogP contribution in [0.2, 0.25) is 0 Å². The van der Waals surface area contributed by atoms with Crippen molar-refractivity contribution >= 4 is 11.8 Å². The molecule has 0 spiro atoms. The van der Waals surface area contributed by atoms with Crippen LogP contribution in [0.25, 0.3) is 0 Å². The van der Waals surface area contributed by atoms with E-state index in [1.54, 1.807) is 7.05 Å². The molecule has 1 unspecified atom stereocenters. The van der Waals surface area contributed by atoms with Gasteiger partial charge in [0.1, 0.15) is 0 Å². The number of hydrogen-bond acceptors (Lipinski definition) is 5. The van der Waals surface area contributed by atoms with Gasteiger partial charge < -0.3 is 5.32 Å². The van der Waals surface area contributed by atoms with Gasteiger partial charge in [-0.2, -0.15) is 16.6 Å². The molecule has 0 bridgehead atoms. The van der Waals surface area contributed by atoms with Gasteiger partial charge in [-0.15, -0.1) is 10.2 Å². The van der Waals surface area contributed by atoms with Gasteiger partial charge in [-0.3, -0.25) is 0 Å². The Labute approximate surface area is 107 Å². The van der Waals surface area contributed by atoms with Gasteiger partial charge in [0.2, 0.25) is 0 Å². The van der Waals surface area contributed by atoms with Crippen LogP contribution < -0.4 is 5.32 Å². The Morgan fingerprint density at radius 2 is 2.24 bits per heavy atom. The standard InChI is InChI=1S/C11H21N5S/c1-12-9(7-11-13-15-16(2)14-11)8-17-10-5-3-4-6-10/h9-10,12H,3-8H2,1-2H3. The Morgan fingerprint density at radius 1 is 1.47 bits per heavy atom. The average molecular weight is 255 g/mol. The van der Waals surface area contributed by atoms with Gasteiger partial charge in [0.15, 0.2) is 5.82 Å². The minimum atomic E-state index is 0.449. The maximum absolute atomic E-state index is 4.22. The zero-order chi connectivity index (χ0) is 12.1. The maximum Gasteiger partial charge on any atom is 0.176 e. The van der Waals surface area contributed by atoms with Crippen molar-refractivity contribution in [2.75, 3.05) is 12.8 Å². The number of rotatable bonds is 6. The highest BCUT2D eigenvalue weighted by atomic mass is 32.2. The highest BCUT2D eigenvalue weighted by Crippen LogP contribution is 2.29. The van der Waals surface area contributed by atoms with Crippen LogP contribution in [-0.2, 0) is 13.5 Å². The third-order valence-corrected chi connectivity index (χ3v) is 4.76. The lowest BCUT2D eigenvalue weighted by Gasteiger charge is -2.16. The molecule has 5 nitrogen and oxygen atoms in total. The van der Waals surface area contributed by atoms with E-state index >= 15 is 0 Å². The SMILES string of the molecule is CNC(CSC1CCCC1)Cc1nnn(C)n1. The molecule has 1 aromatic rings. The number of tetrazole rings is 1. The quantitative estimate of drug-likeness (QED) is 0.822. The minimum Gasteiger partial charge on any atom is -0.316 e. The highest BCUT2D eigenvalue weighted by molar-refractivity contribution is 7.99. The summed E-state index contributed by atoms with van der Waals surface area (Å²) >= 11 is 2.10. The highest BCUT2D eigenvalue weighted by Gasteiger charge is 2.18. The fourth-order valence-corrected chi connectivity index (χ4v) is 3.63. The summed E-state index contributed by atoms with van der Waals surface area (Å²) in [6.07, 6.45) is 6.47. The van der Waals surface area contributed by atoms with E-state index in [-0.39, 0.29) is 0 Å². The smallest absolute Gasteiger partial charge is 0.176 e. The second-order valence-electron chi connectivity index (χ2n) is 4.62. The molecule has 1 aliphatic carbocycles. The molecule has 17 heavy (non-hydrogen) atoms. The Bertz CT molecular complexity index is 334. The van der Waals surface area contributed by atoms with E-state index in [1.807, 2.05) is 7.05 Å². The van der Waals surface area contributed by atoms with Gasteiger partial charge in [-0.25, -0.2) is 0 Å². The molecule has 0 aliphatic heterocycles. The zero-order valence-corrected chi connectivity index (χ0v) is 11.4. The van der Waals surface area contributed by atoms with Crippen LogP contribution in [0.4, 0.5) is 0 Å². The second-order valence-corrected chi connectivity index (χ2v) is 5.96. The van der Waals surface area contributed by atoms with Gasteiger partial charge in [0.25, 0.3) is 0 Å². The molecule has 1 fully saturated rings. The van der Waals surface area contributed by atoms with Crippen molar-refractivity contribution in [3.8, 4) is 0 Å². The number of hydrogen-bond donors (Lipinski definition) is 1.